The van der Waals surface area contributed by atoms with Crippen LogP contribution in [0.3, 0.4) is 0 Å². The number of hydrogen-bond donors (Lipinski definition) is 1. The summed E-state index contributed by atoms with van der Waals surface area (Å²) in [5, 5.41) is 9.08. The predicted molar refractivity (Wildman–Crippen MR) is 66.3 cm³/mol. The van der Waals surface area contributed by atoms with Crippen molar-refractivity contribution in [3.8, 4) is 0 Å². The molecule has 2 nitrogen and oxygen atoms in total. The minimum absolute atomic E-state index is 0.279. The Hall–Kier alpha value is -0.790. The molecule has 1 saturated carbocycles. The first-order chi connectivity index (χ1) is 7.36. The summed E-state index contributed by atoms with van der Waals surface area (Å²) in [5.41, 5.74) is 0.983. The molecule has 0 aromatic carbocycles. The van der Waals surface area contributed by atoms with Gasteiger partial charge < -0.3 is 5.11 Å². The van der Waals surface area contributed by atoms with Crippen LogP contribution in [0.5, 0.6) is 0 Å². The minimum atomic E-state index is -0.735. The van der Waals surface area contributed by atoms with Crippen molar-refractivity contribution in [3.05, 3.63) is 11.6 Å². The van der Waals surface area contributed by atoms with Crippen LogP contribution in [-0.2, 0) is 4.79 Å². The molecule has 0 aromatic rings. The van der Waals surface area contributed by atoms with E-state index in [4.69, 9.17) is 5.11 Å². The zero-order valence-corrected chi connectivity index (χ0v) is 10.9. The number of allylic oxidation sites excluding steroid dienone is 1. The van der Waals surface area contributed by atoms with Gasteiger partial charge in [0.15, 0.2) is 0 Å². The summed E-state index contributed by atoms with van der Waals surface area (Å²) in [5.74, 6) is 0.290. The van der Waals surface area contributed by atoms with Crippen molar-refractivity contribution in [2.75, 3.05) is 0 Å². The molecular weight excluding hydrogens is 200 g/mol. The van der Waals surface area contributed by atoms with Gasteiger partial charge in [-0.05, 0) is 49.9 Å². The normalized spacial score (nSPS) is 27.9. The number of aliphatic carboxylic acids is 1. The van der Waals surface area contributed by atoms with Crippen molar-refractivity contribution in [3.63, 3.8) is 0 Å². The van der Waals surface area contributed by atoms with Crippen LogP contribution < -0.4 is 0 Å². The first kappa shape index (κ1) is 13.3. The second kappa shape index (κ2) is 5.03. The third-order valence-corrected chi connectivity index (χ3v) is 3.95. The number of hydrogen-bond acceptors (Lipinski definition) is 1. The molecule has 16 heavy (non-hydrogen) atoms. The molecule has 1 rings (SSSR count). The van der Waals surface area contributed by atoms with Crippen LogP contribution >= 0.6 is 0 Å². The van der Waals surface area contributed by atoms with Crippen LogP contribution in [0.4, 0.5) is 0 Å². The minimum Gasteiger partial charge on any atom is -0.478 e. The fraction of sp³-hybridized carbons (Fsp3) is 0.786. The molecular formula is C14H24O2. The van der Waals surface area contributed by atoms with Crippen LogP contribution in [0.15, 0.2) is 11.6 Å². The smallest absolute Gasteiger partial charge is 0.331 e. The van der Waals surface area contributed by atoms with E-state index < -0.39 is 5.97 Å². The SMILES string of the molecule is C/C=C(/C(=O)O)C1CCC(C(C)(C)C)CC1. The number of carboxylic acids is 1. The molecule has 0 aromatic heterocycles. The van der Waals surface area contributed by atoms with Gasteiger partial charge in [-0.25, -0.2) is 4.79 Å². The van der Waals surface area contributed by atoms with Gasteiger partial charge in [0.25, 0.3) is 0 Å². The molecule has 1 N–H and O–H groups in total. The maximum absolute atomic E-state index is 11.0. The molecule has 0 atom stereocenters. The highest BCUT2D eigenvalue weighted by Crippen LogP contribution is 2.41. The van der Waals surface area contributed by atoms with Crippen molar-refractivity contribution in [1.29, 1.82) is 0 Å². The van der Waals surface area contributed by atoms with Crippen molar-refractivity contribution in [2.45, 2.75) is 53.4 Å². The quantitative estimate of drug-likeness (QED) is 0.723. The van der Waals surface area contributed by atoms with E-state index in [1.807, 2.05) is 6.92 Å². The molecule has 0 amide bonds. The van der Waals surface area contributed by atoms with E-state index in [2.05, 4.69) is 20.8 Å². The zero-order chi connectivity index (χ0) is 12.3. The monoisotopic (exact) mass is 224 g/mol. The van der Waals surface area contributed by atoms with Gasteiger partial charge in [-0.2, -0.15) is 0 Å². The summed E-state index contributed by atoms with van der Waals surface area (Å²) in [6.07, 6.45) is 6.17. The molecule has 92 valence electrons. The third kappa shape index (κ3) is 3.10. The summed E-state index contributed by atoms with van der Waals surface area (Å²) in [6.45, 7) is 8.68. The molecule has 0 unspecified atom stereocenters. The predicted octanol–water partition coefficient (Wildman–Crippen LogP) is 3.87. The fourth-order valence-corrected chi connectivity index (χ4v) is 2.80. The Bertz CT molecular complexity index is 276. The van der Waals surface area contributed by atoms with Gasteiger partial charge in [0.1, 0.15) is 0 Å². The molecule has 0 heterocycles. The van der Waals surface area contributed by atoms with Crippen molar-refractivity contribution in [2.24, 2.45) is 17.3 Å². The lowest BCUT2D eigenvalue weighted by Gasteiger charge is -2.37. The van der Waals surface area contributed by atoms with Gasteiger partial charge in [0.05, 0.1) is 0 Å². The van der Waals surface area contributed by atoms with E-state index in [-0.39, 0.29) is 5.92 Å². The molecule has 1 fully saturated rings. The van der Waals surface area contributed by atoms with Crippen LogP contribution in [0.1, 0.15) is 53.4 Å². The average Bonchev–Trinajstić information content (AvgIpc) is 2.17. The van der Waals surface area contributed by atoms with E-state index in [1.165, 1.54) is 12.8 Å². The Morgan fingerprint density at radius 2 is 1.69 bits per heavy atom. The van der Waals surface area contributed by atoms with E-state index in [0.717, 1.165) is 18.8 Å². The van der Waals surface area contributed by atoms with Crippen LogP contribution in [0.2, 0.25) is 0 Å². The first-order valence-electron chi connectivity index (χ1n) is 6.25. The maximum atomic E-state index is 11.0. The number of carbonyl (C=O) groups is 1. The summed E-state index contributed by atoms with van der Waals surface area (Å²) in [6, 6.07) is 0. The van der Waals surface area contributed by atoms with Gasteiger partial charge in [0, 0.05) is 5.57 Å². The second-order valence-electron chi connectivity index (χ2n) is 5.96. The van der Waals surface area contributed by atoms with Gasteiger partial charge >= 0.3 is 5.97 Å². The Balaban J connectivity index is 2.59. The van der Waals surface area contributed by atoms with Gasteiger partial charge in [0.2, 0.25) is 0 Å². The van der Waals surface area contributed by atoms with E-state index in [0.29, 0.717) is 11.0 Å². The Morgan fingerprint density at radius 1 is 1.19 bits per heavy atom. The third-order valence-electron chi connectivity index (χ3n) is 3.95. The van der Waals surface area contributed by atoms with Crippen LogP contribution in [0.25, 0.3) is 0 Å². The molecule has 0 aliphatic heterocycles. The first-order valence-corrected chi connectivity index (χ1v) is 6.25. The lowest BCUT2D eigenvalue weighted by Crippen LogP contribution is -2.27. The summed E-state index contributed by atoms with van der Waals surface area (Å²) >= 11 is 0. The van der Waals surface area contributed by atoms with Crippen LogP contribution in [0, 0.1) is 17.3 Å². The second-order valence-corrected chi connectivity index (χ2v) is 5.96. The zero-order valence-electron chi connectivity index (χ0n) is 10.9. The Labute approximate surface area is 98.7 Å². The lowest BCUT2D eigenvalue weighted by molar-refractivity contribution is -0.133. The highest BCUT2D eigenvalue weighted by molar-refractivity contribution is 5.87. The molecule has 0 bridgehead atoms. The molecule has 2 heteroatoms. The molecule has 0 radical (unpaired) electrons. The highest BCUT2D eigenvalue weighted by Gasteiger charge is 2.32. The number of rotatable bonds is 2. The topological polar surface area (TPSA) is 37.3 Å². The van der Waals surface area contributed by atoms with Crippen molar-refractivity contribution in [1.82, 2.24) is 0 Å². The molecule has 0 saturated heterocycles. The van der Waals surface area contributed by atoms with Crippen molar-refractivity contribution < 1.29 is 9.90 Å². The molecule has 1 aliphatic carbocycles. The largest absolute Gasteiger partial charge is 0.478 e. The van der Waals surface area contributed by atoms with Gasteiger partial charge in [-0.3, -0.25) is 0 Å². The van der Waals surface area contributed by atoms with Gasteiger partial charge in [-0.1, -0.05) is 26.8 Å². The molecule has 1 aliphatic rings. The summed E-state index contributed by atoms with van der Waals surface area (Å²) in [4.78, 5) is 11.0. The Kier molecular flexibility index (Phi) is 4.17. The summed E-state index contributed by atoms with van der Waals surface area (Å²) in [7, 11) is 0. The molecule has 0 spiro atoms. The number of carboxylic acid groups (broad SMARTS) is 1. The lowest BCUT2D eigenvalue weighted by atomic mass is 9.68. The van der Waals surface area contributed by atoms with E-state index in [9.17, 15) is 4.79 Å². The highest BCUT2D eigenvalue weighted by atomic mass is 16.4. The Morgan fingerprint density at radius 3 is 2.00 bits per heavy atom. The van der Waals surface area contributed by atoms with E-state index in [1.54, 1.807) is 6.08 Å². The van der Waals surface area contributed by atoms with Crippen molar-refractivity contribution >= 4 is 5.97 Å². The standard InChI is InChI=1S/C14H24O2/c1-5-12(13(15)16)10-6-8-11(9-7-10)14(2,3)4/h5,10-11H,6-9H2,1-4H3,(H,15,16)/b12-5+. The maximum Gasteiger partial charge on any atom is 0.331 e. The fourth-order valence-electron chi connectivity index (χ4n) is 2.80. The van der Waals surface area contributed by atoms with E-state index >= 15 is 0 Å². The van der Waals surface area contributed by atoms with Crippen LogP contribution in [-0.4, -0.2) is 11.1 Å². The average molecular weight is 224 g/mol. The summed E-state index contributed by atoms with van der Waals surface area (Å²) < 4.78 is 0. The van der Waals surface area contributed by atoms with Gasteiger partial charge in [-0.15, -0.1) is 0 Å².